The molecule has 0 heterocycles. The molecule has 32 heavy (non-hydrogen) atoms. The predicted octanol–water partition coefficient (Wildman–Crippen LogP) is 3.85. The fourth-order valence-corrected chi connectivity index (χ4v) is 7.68. The van der Waals surface area contributed by atoms with Gasteiger partial charge in [-0.1, -0.05) is 0 Å². The molecule has 180 valence electrons. The van der Waals surface area contributed by atoms with Gasteiger partial charge in [0.2, 0.25) is 11.8 Å². The van der Waals surface area contributed by atoms with E-state index in [0.717, 1.165) is 0 Å². The second-order valence-corrected chi connectivity index (χ2v) is 11.0. The SMILES string of the molecule is CC(=O)N(C)c1c(I)c(C(=O)OCC[N-]S(=O)(=O)C(F)(F)F)c(I)c(N(C)C(C)=O)c1I. The van der Waals surface area contributed by atoms with Gasteiger partial charge in [0.1, 0.15) is 0 Å². The summed E-state index contributed by atoms with van der Waals surface area (Å²) >= 11 is 5.59. The largest absolute Gasteiger partial charge is 0.538 e. The molecule has 0 atom stereocenters. The number of alkyl halides is 3. The van der Waals surface area contributed by atoms with Gasteiger partial charge < -0.3 is 19.3 Å². The van der Waals surface area contributed by atoms with Crippen molar-refractivity contribution in [3.05, 3.63) is 21.0 Å². The van der Waals surface area contributed by atoms with Crippen LogP contribution in [0.25, 0.3) is 4.72 Å². The van der Waals surface area contributed by atoms with Crippen molar-refractivity contribution in [1.29, 1.82) is 0 Å². The van der Waals surface area contributed by atoms with Crippen LogP contribution in [0.3, 0.4) is 0 Å². The van der Waals surface area contributed by atoms with Gasteiger partial charge in [0.25, 0.3) is 0 Å². The molecule has 1 aromatic carbocycles. The van der Waals surface area contributed by atoms with Gasteiger partial charge in [0.05, 0.1) is 34.3 Å². The summed E-state index contributed by atoms with van der Waals surface area (Å²) in [6, 6.07) is 0. The first-order chi connectivity index (χ1) is 14.5. The van der Waals surface area contributed by atoms with E-state index in [0.29, 0.717) is 22.1 Å². The van der Waals surface area contributed by atoms with E-state index in [1.165, 1.54) is 37.7 Å². The minimum Gasteiger partial charge on any atom is -0.538 e. The van der Waals surface area contributed by atoms with Crippen molar-refractivity contribution >= 4 is 107 Å². The molecule has 2 amide bonds. The summed E-state index contributed by atoms with van der Waals surface area (Å²) in [6.07, 6.45) is 0. The number of carbonyl (C=O) groups is 3. The van der Waals surface area contributed by atoms with Crippen LogP contribution in [-0.2, 0) is 24.3 Å². The van der Waals surface area contributed by atoms with Gasteiger partial charge in [0, 0.05) is 27.9 Å². The van der Waals surface area contributed by atoms with Crippen molar-refractivity contribution in [2.45, 2.75) is 19.4 Å². The number of carbonyl (C=O) groups excluding carboxylic acids is 3. The van der Waals surface area contributed by atoms with Crippen LogP contribution < -0.4 is 9.80 Å². The maximum absolute atomic E-state index is 12.8. The van der Waals surface area contributed by atoms with Crippen LogP contribution in [0, 0.1) is 10.7 Å². The molecular weight excluding hydrogens is 800 g/mol. The molecule has 0 fully saturated rings. The standard InChI is InChI=1S/C16H16F3I3N3O6S/c1-7(26)24(3)13-10(20)9(11(21)14(12(13)22)25(4)8(2)27)15(28)31-6-5-23-32(29,30)16(17,18)19/h5-6H2,1-4H3/q-1. The normalized spacial score (nSPS) is 11.8. The third-order valence-corrected chi connectivity index (χ3v) is 8.20. The van der Waals surface area contributed by atoms with E-state index in [-0.39, 0.29) is 17.4 Å². The van der Waals surface area contributed by atoms with Crippen LogP contribution in [0.1, 0.15) is 24.2 Å². The number of sulfonamides is 1. The van der Waals surface area contributed by atoms with Gasteiger partial charge in [-0.25, -0.2) is 13.2 Å². The average molecular weight is 816 g/mol. The molecule has 16 heteroatoms. The Bertz CT molecular complexity index is 1000. The zero-order valence-corrected chi connectivity index (χ0v) is 24.2. The number of anilines is 2. The van der Waals surface area contributed by atoms with Crippen molar-refractivity contribution in [2.24, 2.45) is 0 Å². The second-order valence-electron chi connectivity index (χ2n) is 6.08. The summed E-state index contributed by atoms with van der Waals surface area (Å²) in [5.41, 5.74) is -4.91. The highest BCUT2D eigenvalue weighted by molar-refractivity contribution is 14.1. The van der Waals surface area contributed by atoms with E-state index >= 15 is 0 Å². The van der Waals surface area contributed by atoms with Gasteiger partial charge in [-0.15, -0.1) is 6.54 Å². The Kier molecular flexibility index (Phi) is 10.4. The van der Waals surface area contributed by atoms with E-state index in [4.69, 9.17) is 4.74 Å². The lowest BCUT2D eigenvalue weighted by Gasteiger charge is -2.27. The highest BCUT2D eigenvalue weighted by atomic mass is 127. The summed E-state index contributed by atoms with van der Waals surface area (Å²) in [7, 11) is -2.75. The zero-order chi connectivity index (χ0) is 25.2. The van der Waals surface area contributed by atoms with Crippen LogP contribution in [0.4, 0.5) is 24.5 Å². The van der Waals surface area contributed by atoms with E-state index in [2.05, 4.69) is 4.72 Å². The predicted molar refractivity (Wildman–Crippen MR) is 136 cm³/mol. The topological polar surface area (TPSA) is 115 Å². The Morgan fingerprint density at radius 1 is 0.938 bits per heavy atom. The molecule has 0 aliphatic rings. The minimum atomic E-state index is -5.70. The second kappa shape index (κ2) is 11.3. The maximum atomic E-state index is 12.8. The lowest BCUT2D eigenvalue weighted by atomic mass is 10.1. The number of halogens is 6. The highest BCUT2D eigenvalue weighted by Crippen LogP contribution is 2.42. The molecular formula is C16H16F3I3N3O6S-. The lowest BCUT2D eigenvalue weighted by molar-refractivity contribution is -0.117. The van der Waals surface area contributed by atoms with Gasteiger partial charge in [0.15, 0.2) is 10.0 Å². The lowest BCUT2D eigenvalue weighted by Crippen LogP contribution is -2.30. The van der Waals surface area contributed by atoms with Gasteiger partial charge in [-0.3, -0.25) is 9.59 Å². The smallest absolute Gasteiger partial charge is 0.480 e. The fourth-order valence-electron chi connectivity index (χ4n) is 2.16. The van der Waals surface area contributed by atoms with Gasteiger partial charge in [-0.2, -0.15) is 13.2 Å². The minimum absolute atomic E-state index is 0.0310. The van der Waals surface area contributed by atoms with Crippen LogP contribution in [-0.4, -0.2) is 59.0 Å². The first-order valence-corrected chi connectivity index (χ1v) is 13.0. The average Bonchev–Trinajstić information content (AvgIpc) is 2.63. The van der Waals surface area contributed by atoms with Crippen LogP contribution in [0.15, 0.2) is 0 Å². The van der Waals surface area contributed by atoms with E-state index in [1.807, 2.05) is 67.8 Å². The molecule has 1 rings (SSSR count). The van der Waals surface area contributed by atoms with Crippen LogP contribution in [0.2, 0.25) is 0 Å². The number of esters is 1. The van der Waals surface area contributed by atoms with Crippen molar-refractivity contribution in [2.75, 3.05) is 37.0 Å². The van der Waals surface area contributed by atoms with Crippen molar-refractivity contribution in [3.63, 3.8) is 0 Å². The molecule has 0 radical (unpaired) electrons. The molecule has 0 N–H and O–H groups in total. The Hall–Kier alpha value is -0.480. The molecule has 0 saturated carbocycles. The molecule has 0 bridgehead atoms. The molecule has 0 aliphatic heterocycles. The van der Waals surface area contributed by atoms with E-state index in [9.17, 15) is 36.0 Å². The molecule has 0 aromatic heterocycles. The number of amides is 2. The molecule has 0 spiro atoms. The first kappa shape index (κ1) is 29.6. The number of ether oxygens (including phenoxy) is 1. The summed E-state index contributed by atoms with van der Waals surface area (Å²) in [5.74, 6) is -1.69. The van der Waals surface area contributed by atoms with E-state index in [1.54, 1.807) is 0 Å². The number of hydrogen-bond acceptors (Lipinski definition) is 6. The molecule has 0 saturated heterocycles. The quantitative estimate of drug-likeness (QED) is 0.235. The molecule has 1 aromatic rings. The number of nitrogens with zero attached hydrogens (tertiary/aromatic N) is 3. The number of hydrogen-bond donors (Lipinski definition) is 0. The zero-order valence-electron chi connectivity index (χ0n) is 16.9. The van der Waals surface area contributed by atoms with Crippen LogP contribution >= 0.6 is 67.8 Å². The van der Waals surface area contributed by atoms with Crippen LogP contribution in [0.5, 0.6) is 0 Å². The molecule has 0 aliphatic carbocycles. The van der Waals surface area contributed by atoms with E-state index < -0.39 is 34.7 Å². The Labute approximate surface area is 223 Å². The van der Waals surface area contributed by atoms with Crippen molar-refractivity contribution < 1.29 is 40.7 Å². The summed E-state index contributed by atoms with van der Waals surface area (Å²) < 4.78 is 67.6. The number of rotatable bonds is 7. The number of benzene rings is 1. The van der Waals surface area contributed by atoms with Gasteiger partial charge in [-0.05, 0) is 67.8 Å². The molecule has 0 unspecified atom stereocenters. The molecule has 9 nitrogen and oxygen atoms in total. The summed E-state index contributed by atoms with van der Waals surface area (Å²) in [4.78, 5) is 39.3. The third-order valence-electron chi connectivity index (χ3n) is 3.97. The highest BCUT2D eigenvalue weighted by Gasteiger charge is 2.38. The fraction of sp³-hybridized carbons (Fsp3) is 0.438. The Balaban J connectivity index is 3.38. The Morgan fingerprint density at radius 2 is 1.34 bits per heavy atom. The van der Waals surface area contributed by atoms with Gasteiger partial charge >= 0.3 is 11.5 Å². The summed E-state index contributed by atoms with van der Waals surface area (Å²) in [5, 5.41) is 0. The monoisotopic (exact) mass is 816 g/mol. The van der Waals surface area contributed by atoms with Crippen molar-refractivity contribution in [3.8, 4) is 0 Å². The Morgan fingerprint density at radius 3 is 1.69 bits per heavy atom. The maximum Gasteiger partial charge on any atom is 0.480 e. The summed E-state index contributed by atoms with van der Waals surface area (Å²) in [6.45, 7) is 0.950. The first-order valence-electron chi connectivity index (χ1n) is 8.31. The van der Waals surface area contributed by atoms with Crippen molar-refractivity contribution in [1.82, 2.24) is 0 Å². The third kappa shape index (κ3) is 6.56.